The van der Waals surface area contributed by atoms with E-state index in [2.05, 4.69) is 16.0 Å². The summed E-state index contributed by atoms with van der Waals surface area (Å²) in [7, 11) is 1.45. The summed E-state index contributed by atoms with van der Waals surface area (Å²) >= 11 is 12.5. The summed E-state index contributed by atoms with van der Waals surface area (Å²) in [5.74, 6) is -1.70. The van der Waals surface area contributed by atoms with Crippen LogP contribution in [0.5, 0.6) is 5.75 Å². The topological polar surface area (TPSA) is 115 Å². The van der Waals surface area contributed by atoms with Crippen molar-refractivity contribution in [1.29, 1.82) is 0 Å². The summed E-state index contributed by atoms with van der Waals surface area (Å²) in [5, 5.41) is 9.33. The van der Waals surface area contributed by atoms with E-state index in [0.29, 0.717) is 39.8 Å². The number of anilines is 3. The molecular weight excluding hydrogens is 570 g/mol. The van der Waals surface area contributed by atoms with Crippen molar-refractivity contribution in [3.8, 4) is 5.75 Å². The summed E-state index contributed by atoms with van der Waals surface area (Å²) in [6.45, 7) is 6.13. The molecule has 216 valence electrons. The molecule has 8 nitrogen and oxygen atoms in total. The monoisotopic (exact) mass is 600 g/mol. The van der Waals surface area contributed by atoms with E-state index in [1.807, 2.05) is 20.8 Å². The molecule has 2 amide bonds. The molecular formula is C30H31Cl2FN4O4. The van der Waals surface area contributed by atoms with Gasteiger partial charge in [-0.05, 0) is 53.3 Å². The van der Waals surface area contributed by atoms with Crippen LogP contribution in [0.15, 0.2) is 54.6 Å². The minimum Gasteiger partial charge on any atom is -0.494 e. The molecule has 11 heteroatoms. The zero-order valence-electron chi connectivity index (χ0n) is 23.0. The number of methoxy groups -OCH3 is 1. The normalized spacial score (nSPS) is 23.3. The third-order valence-corrected chi connectivity index (χ3v) is 8.12. The van der Waals surface area contributed by atoms with E-state index in [-0.39, 0.29) is 21.9 Å². The molecule has 0 bridgehead atoms. The van der Waals surface area contributed by atoms with E-state index in [4.69, 9.17) is 38.4 Å². The number of hydrogen-bond acceptors (Lipinski definition) is 6. The maximum Gasteiger partial charge on any atom is 0.413 e. The number of rotatable bonds is 5. The maximum absolute atomic E-state index is 15.8. The first-order valence-corrected chi connectivity index (χ1v) is 13.8. The number of ether oxygens (including phenoxy) is 2. The van der Waals surface area contributed by atoms with Crippen LogP contribution in [0.2, 0.25) is 10.0 Å². The van der Waals surface area contributed by atoms with Crippen molar-refractivity contribution in [1.82, 2.24) is 5.32 Å². The van der Waals surface area contributed by atoms with Gasteiger partial charge < -0.3 is 20.5 Å². The number of halogens is 3. The molecule has 0 aliphatic carbocycles. The third kappa shape index (κ3) is 5.18. The fourth-order valence-electron chi connectivity index (χ4n) is 6.03. The van der Waals surface area contributed by atoms with Gasteiger partial charge in [0.05, 0.1) is 23.7 Å². The SMILES string of the molecule is COc1cc(N)ccc1NC(=O)O[C@H]1N[C@@H](CC(C)(C)C)[C@@]2(C(=O)Nc3cc(Cl)ccc32)[C@H]1c1cccc(Cl)c1F. The molecule has 3 aromatic rings. The lowest BCUT2D eigenvalue weighted by Gasteiger charge is -2.37. The zero-order chi connectivity index (χ0) is 29.7. The molecule has 0 aromatic heterocycles. The molecule has 41 heavy (non-hydrogen) atoms. The molecule has 0 radical (unpaired) electrons. The third-order valence-electron chi connectivity index (χ3n) is 7.59. The Hall–Kier alpha value is -3.53. The van der Waals surface area contributed by atoms with Crippen LogP contribution in [0.1, 0.15) is 44.2 Å². The second-order valence-corrected chi connectivity index (χ2v) is 12.4. The lowest BCUT2D eigenvalue weighted by Crippen LogP contribution is -2.49. The zero-order valence-corrected chi connectivity index (χ0v) is 24.5. The number of carbonyl (C=O) groups excluding carboxylic acids is 2. The standard InChI is InChI=1S/C30H31Cl2FN4O4/c1-29(2,3)14-23-30(18-10-8-15(31)12-21(18)35-27(30)38)24(17-6-5-7-19(32)25(17)33)26(37-23)41-28(39)36-20-11-9-16(34)13-22(20)40-4/h5-13,23-24,26,37H,14,34H2,1-4H3,(H,35,38)(H,36,39)/t23-,24-,26+,30+/m0/s1. The predicted molar refractivity (Wildman–Crippen MR) is 158 cm³/mol. The maximum atomic E-state index is 15.8. The van der Waals surface area contributed by atoms with Crippen molar-refractivity contribution in [2.24, 2.45) is 5.41 Å². The van der Waals surface area contributed by atoms with E-state index >= 15 is 4.39 Å². The Labute approximate surface area is 247 Å². The first-order chi connectivity index (χ1) is 19.3. The fraction of sp³-hybridized carbons (Fsp3) is 0.333. The summed E-state index contributed by atoms with van der Waals surface area (Å²) in [6.07, 6.45) is -1.46. The molecule has 5 N–H and O–H groups in total. The number of hydrogen-bond donors (Lipinski definition) is 4. The smallest absolute Gasteiger partial charge is 0.413 e. The molecule has 0 unspecified atom stereocenters. The molecule has 3 aromatic carbocycles. The van der Waals surface area contributed by atoms with Gasteiger partial charge >= 0.3 is 6.09 Å². The van der Waals surface area contributed by atoms with Crippen LogP contribution in [0.3, 0.4) is 0 Å². The fourth-order valence-corrected chi connectivity index (χ4v) is 6.39. The van der Waals surface area contributed by atoms with Gasteiger partial charge in [-0.25, -0.2) is 9.18 Å². The van der Waals surface area contributed by atoms with Crippen LogP contribution < -0.4 is 26.4 Å². The largest absolute Gasteiger partial charge is 0.494 e. The molecule has 2 aliphatic rings. The number of nitrogens with one attached hydrogen (secondary N) is 3. The van der Waals surface area contributed by atoms with Crippen molar-refractivity contribution in [2.45, 2.75) is 50.8 Å². The van der Waals surface area contributed by atoms with Crippen molar-refractivity contribution in [3.05, 3.63) is 81.6 Å². The summed E-state index contributed by atoms with van der Waals surface area (Å²) < 4.78 is 27.1. The number of nitrogen functional groups attached to an aromatic ring is 1. The van der Waals surface area contributed by atoms with Crippen LogP contribution in [0, 0.1) is 11.2 Å². The van der Waals surface area contributed by atoms with E-state index in [1.54, 1.807) is 48.5 Å². The van der Waals surface area contributed by atoms with Gasteiger partial charge in [-0.2, -0.15) is 0 Å². The van der Waals surface area contributed by atoms with Gasteiger partial charge in [0.1, 0.15) is 17.0 Å². The molecule has 5 rings (SSSR count). The van der Waals surface area contributed by atoms with Gasteiger partial charge in [-0.1, -0.05) is 62.2 Å². The van der Waals surface area contributed by atoms with Gasteiger partial charge in [0, 0.05) is 28.5 Å². The highest BCUT2D eigenvalue weighted by Crippen LogP contribution is 2.57. The Balaban J connectivity index is 1.64. The molecule has 2 heterocycles. The van der Waals surface area contributed by atoms with Gasteiger partial charge in [0.15, 0.2) is 6.23 Å². The Morgan fingerprint density at radius 3 is 2.61 bits per heavy atom. The first kappa shape index (κ1) is 29.0. The number of fused-ring (bicyclic) bond motifs is 2. The lowest BCUT2D eigenvalue weighted by molar-refractivity contribution is -0.122. The van der Waals surface area contributed by atoms with Gasteiger partial charge in [-0.15, -0.1) is 0 Å². The number of amides is 2. The summed E-state index contributed by atoms with van der Waals surface area (Å²) in [4.78, 5) is 27.5. The highest BCUT2D eigenvalue weighted by molar-refractivity contribution is 6.31. The lowest BCUT2D eigenvalue weighted by atomic mass is 9.63. The highest BCUT2D eigenvalue weighted by Gasteiger charge is 2.66. The summed E-state index contributed by atoms with van der Waals surface area (Å²) in [5.41, 5.74) is 6.30. The van der Waals surface area contributed by atoms with Gasteiger partial charge in [0.2, 0.25) is 5.91 Å². The highest BCUT2D eigenvalue weighted by atomic mass is 35.5. The Bertz CT molecular complexity index is 1530. The first-order valence-electron chi connectivity index (χ1n) is 13.1. The number of nitrogens with two attached hydrogens (primary N) is 1. The molecule has 1 saturated heterocycles. The van der Waals surface area contributed by atoms with Crippen molar-refractivity contribution in [3.63, 3.8) is 0 Å². The Morgan fingerprint density at radius 2 is 1.90 bits per heavy atom. The second kappa shape index (κ2) is 10.7. The van der Waals surface area contributed by atoms with Gasteiger partial charge in [-0.3, -0.25) is 15.4 Å². The minimum absolute atomic E-state index is 0.110. The molecule has 0 saturated carbocycles. The Kier molecular flexibility index (Phi) is 7.57. The van der Waals surface area contributed by atoms with Crippen LogP contribution in [-0.4, -0.2) is 31.4 Å². The van der Waals surface area contributed by atoms with E-state index in [9.17, 15) is 9.59 Å². The molecule has 2 aliphatic heterocycles. The van der Waals surface area contributed by atoms with Crippen molar-refractivity contribution < 1.29 is 23.5 Å². The molecule has 1 fully saturated rings. The van der Waals surface area contributed by atoms with E-state index < -0.39 is 35.5 Å². The van der Waals surface area contributed by atoms with Crippen molar-refractivity contribution >= 4 is 52.3 Å². The van der Waals surface area contributed by atoms with Gasteiger partial charge in [0.25, 0.3) is 0 Å². The van der Waals surface area contributed by atoms with Crippen molar-refractivity contribution in [2.75, 3.05) is 23.5 Å². The molecule has 1 spiro atoms. The average Bonchev–Trinajstić information content (AvgIpc) is 3.34. The number of carbonyl (C=O) groups is 2. The van der Waals surface area contributed by atoms with Crippen LogP contribution in [0.25, 0.3) is 0 Å². The number of benzene rings is 3. The van der Waals surface area contributed by atoms with E-state index in [0.717, 1.165) is 0 Å². The molecule has 4 atom stereocenters. The van der Waals surface area contributed by atoms with E-state index in [1.165, 1.54) is 13.2 Å². The average molecular weight is 602 g/mol. The quantitative estimate of drug-likeness (QED) is 0.243. The second-order valence-electron chi connectivity index (χ2n) is 11.5. The minimum atomic E-state index is -1.36. The predicted octanol–water partition coefficient (Wildman–Crippen LogP) is 6.68. The van der Waals surface area contributed by atoms with Crippen LogP contribution in [-0.2, 0) is 14.9 Å². The van der Waals surface area contributed by atoms with Crippen LogP contribution in [0.4, 0.5) is 26.2 Å². The van der Waals surface area contributed by atoms with Crippen LogP contribution >= 0.6 is 23.2 Å². The Morgan fingerprint density at radius 1 is 1.15 bits per heavy atom. The summed E-state index contributed by atoms with van der Waals surface area (Å²) in [6, 6.07) is 13.9.